The standard InChI is InChI=1S/C13H11Cl2P/c14-13(15)10-6-8-12(9-7-10)16-11-4-2-1-3-5-11/h1-9,13,16H. The molecule has 0 aliphatic rings. The van der Waals surface area contributed by atoms with Gasteiger partial charge in [0, 0.05) is 0 Å². The molecule has 16 heavy (non-hydrogen) atoms. The third-order valence-corrected chi connectivity index (χ3v) is 3.97. The Morgan fingerprint density at radius 2 is 1.31 bits per heavy atom. The van der Waals surface area contributed by atoms with Crippen LogP contribution in [0.15, 0.2) is 54.6 Å². The van der Waals surface area contributed by atoms with Gasteiger partial charge in [-0.05, 0) is 16.2 Å². The maximum Gasteiger partial charge on any atom is 0.132 e. The summed E-state index contributed by atoms with van der Waals surface area (Å²) >= 11 is 11.6. The number of hydrogen-bond donors (Lipinski definition) is 0. The Hall–Kier alpha value is -0.550. The molecule has 0 amide bonds. The molecule has 0 fully saturated rings. The van der Waals surface area contributed by atoms with Gasteiger partial charge in [-0.15, -0.1) is 23.2 Å². The minimum Gasteiger partial charge on any atom is -0.100 e. The van der Waals surface area contributed by atoms with Crippen molar-refractivity contribution in [2.75, 3.05) is 0 Å². The summed E-state index contributed by atoms with van der Waals surface area (Å²) in [6.45, 7) is 0. The Morgan fingerprint density at radius 1 is 0.750 bits per heavy atom. The molecule has 2 aromatic carbocycles. The van der Waals surface area contributed by atoms with Crippen molar-refractivity contribution in [2.24, 2.45) is 0 Å². The largest absolute Gasteiger partial charge is 0.132 e. The highest BCUT2D eigenvalue weighted by molar-refractivity contribution is 7.55. The molecule has 2 rings (SSSR count). The Bertz CT molecular complexity index is 437. The fourth-order valence-corrected chi connectivity index (χ4v) is 2.72. The second-order valence-electron chi connectivity index (χ2n) is 3.41. The molecule has 82 valence electrons. The summed E-state index contributed by atoms with van der Waals surface area (Å²) in [5, 5.41) is 2.63. The summed E-state index contributed by atoms with van der Waals surface area (Å²) in [4.78, 5) is -0.436. The quantitative estimate of drug-likeness (QED) is 0.587. The lowest BCUT2D eigenvalue weighted by molar-refractivity contribution is 1.36. The van der Waals surface area contributed by atoms with E-state index in [0.717, 1.165) is 5.56 Å². The molecule has 1 unspecified atom stereocenters. The predicted molar refractivity (Wildman–Crippen MR) is 74.9 cm³/mol. The molecule has 3 heteroatoms. The van der Waals surface area contributed by atoms with Crippen LogP contribution in [0.3, 0.4) is 0 Å². The Morgan fingerprint density at radius 3 is 1.88 bits per heavy atom. The van der Waals surface area contributed by atoms with E-state index in [4.69, 9.17) is 23.2 Å². The number of benzene rings is 2. The van der Waals surface area contributed by atoms with E-state index in [9.17, 15) is 0 Å². The molecule has 0 N–H and O–H groups in total. The van der Waals surface area contributed by atoms with Crippen LogP contribution in [0.2, 0.25) is 0 Å². The average molecular weight is 269 g/mol. The van der Waals surface area contributed by atoms with Crippen LogP contribution in [0.25, 0.3) is 0 Å². The third kappa shape index (κ3) is 3.22. The van der Waals surface area contributed by atoms with Gasteiger partial charge in [0.1, 0.15) is 4.84 Å². The highest BCUT2D eigenvalue weighted by Gasteiger charge is 2.02. The predicted octanol–water partition coefficient (Wildman–Crippen LogP) is 3.79. The van der Waals surface area contributed by atoms with Crippen molar-refractivity contribution in [3.63, 3.8) is 0 Å². The molecule has 0 heterocycles. The first-order valence-electron chi connectivity index (χ1n) is 4.96. The van der Waals surface area contributed by atoms with Crippen LogP contribution in [0.5, 0.6) is 0 Å². The van der Waals surface area contributed by atoms with E-state index in [1.165, 1.54) is 10.6 Å². The number of alkyl halides is 2. The zero-order valence-corrected chi connectivity index (χ0v) is 11.0. The van der Waals surface area contributed by atoms with Gasteiger partial charge < -0.3 is 0 Å². The fourth-order valence-electron chi connectivity index (χ4n) is 1.40. The van der Waals surface area contributed by atoms with E-state index < -0.39 is 4.84 Å². The minimum absolute atomic E-state index is 0.436. The summed E-state index contributed by atoms with van der Waals surface area (Å²) in [6.07, 6.45) is 0. The van der Waals surface area contributed by atoms with E-state index in [1.807, 2.05) is 18.2 Å². The van der Waals surface area contributed by atoms with E-state index >= 15 is 0 Å². The summed E-state index contributed by atoms with van der Waals surface area (Å²) in [5.41, 5.74) is 0.949. The van der Waals surface area contributed by atoms with Gasteiger partial charge >= 0.3 is 0 Å². The topological polar surface area (TPSA) is 0 Å². The zero-order valence-electron chi connectivity index (χ0n) is 8.53. The molecular formula is C13H11Cl2P. The van der Waals surface area contributed by atoms with Crippen molar-refractivity contribution in [1.82, 2.24) is 0 Å². The summed E-state index contributed by atoms with van der Waals surface area (Å²) in [7, 11) is 0.680. The monoisotopic (exact) mass is 268 g/mol. The summed E-state index contributed by atoms with van der Waals surface area (Å²) in [5.74, 6) is 0. The molecule has 0 nitrogen and oxygen atoms in total. The van der Waals surface area contributed by atoms with Gasteiger partial charge in [-0.1, -0.05) is 63.2 Å². The molecule has 0 aliphatic heterocycles. The lowest BCUT2D eigenvalue weighted by Gasteiger charge is -2.04. The fraction of sp³-hybridized carbons (Fsp3) is 0.0769. The van der Waals surface area contributed by atoms with E-state index in [0.29, 0.717) is 8.58 Å². The van der Waals surface area contributed by atoms with Crippen molar-refractivity contribution < 1.29 is 0 Å². The molecule has 0 radical (unpaired) electrons. The van der Waals surface area contributed by atoms with E-state index in [-0.39, 0.29) is 0 Å². The summed E-state index contributed by atoms with van der Waals surface area (Å²) in [6, 6.07) is 18.6. The average Bonchev–Trinajstić information content (AvgIpc) is 2.31. The van der Waals surface area contributed by atoms with Crippen LogP contribution >= 0.6 is 31.8 Å². The highest BCUT2D eigenvalue weighted by atomic mass is 35.5. The van der Waals surface area contributed by atoms with Gasteiger partial charge in [0.25, 0.3) is 0 Å². The Labute approximate surface area is 107 Å². The Kier molecular flexibility index (Phi) is 4.23. The molecule has 0 spiro atoms. The van der Waals surface area contributed by atoms with Crippen LogP contribution in [-0.4, -0.2) is 0 Å². The Balaban J connectivity index is 2.11. The van der Waals surface area contributed by atoms with Crippen molar-refractivity contribution in [3.8, 4) is 0 Å². The van der Waals surface area contributed by atoms with Gasteiger partial charge in [0.05, 0.1) is 0 Å². The first-order valence-corrected chi connectivity index (χ1v) is 6.83. The van der Waals surface area contributed by atoms with Gasteiger partial charge in [0.15, 0.2) is 0 Å². The van der Waals surface area contributed by atoms with Gasteiger partial charge in [-0.3, -0.25) is 0 Å². The second kappa shape index (κ2) is 5.68. The maximum absolute atomic E-state index is 5.78. The van der Waals surface area contributed by atoms with Crippen LogP contribution in [0.1, 0.15) is 10.4 Å². The lowest BCUT2D eigenvalue weighted by atomic mass is 10.2. The van der Waals surface area contributed by atoms with Gasteiger partial charge in [0.2, 0.25) is 0 Å². The molecule has 0 bridgehead atoms. The molecule has 2 aromatic rings. The molecule has 0 aliphatic carbocycles. The van der Waals surface area contributed by atoms with Crippen LogP contribution in [0, 0.1) is 0 Å². The van der Waals surface area contributed by atoms with Gasteiger partial charge in [-0.25, -0.2) is 0 Å². The lowest BCUT2D eigenvalue weighted by Crippen LogP contribution is -2.02. The van der Waals surface area contributed by atoms with Crippen molar-refractivity contribution in [1.29, 1.82) is 0 Å². The maximum atomic E-state index is 5.78. The molecule has 0 saturated heterocycles. The molecule has 0 aromatic heterocycles. The van der Waals surface area contributed by atoms with Gasteiger partial charge in [-0.2, -0.15) is 0 Å². The van der Waals surface area contributed by atoms with Crippen molar-refractivity contribution >= 4 is 42.4 Å². The second-order valence-corrected chi connectivity index (χ2v) is 5.91. The first kappa shape index (κ1) is 11.9. The third-order valence-electron chi connectivity index (χ3n) is 2.23. The van der Waals surface area contributed by atoms with Crippen LogP contribution in [-0.2, 0) is 0 Å². The smallest absolute Gasteiger partial charge is 0.100 e. The highest BCUT2D eigenvalue weighted by Crippen LogP contribution is 2.24. The molecule has 1 atom stereocenters. The minimum atomic E-state index is -0.436. The number of rotatable bonds is 3. The SMILES string of the molecule is ClC(Cl)c1ccc(Pc2ccccc2)cc1. The van der Waals surface area contributed by atoms with E-state index in [1.54, 1.807) is 0 Å². The van der Waals surface area contributed by atoms with E-state index in [2.05, 4.69) is 36.4 Å². The summed E-state index contributed by atoms with van der Waals surface area (Å²) < 4.78 is 0. The van der Waals surface area contributed by atoms with Crippen LogP contribution in [0.4, 0.5) is 0 Å². The first-order chi connectivity index (χ1) is 7.75. The number of hydrogen-bond acceptors (Lipinski definition) is 0. The normalized spacial score (nSPS) is 11.4. The molecular weight excluding hydrogens is 258 g/mol. The van der Waals surface area contributed by atoms with Crippen molar-refractivity contribution in [2.45, 2.75) is 4.84 Å². The van der Waals surface area contributed by atoms with Crippen LogP contribution < -0.4 is 10.6 Å². The molecule has 0 saturated carbocycles. The zero-order chi connectivity index (χ0) is 11.4. The van der Waals surface area contributed by atoms with Crippen molar-refractivity contribution in [3.05, 3.63) is 60.2 Å². The number of halogens is 2.